The minimum Gasteiger partial charge on any atom is -0.375 e. The lowest BCUT2D eigenvalue weighted by atomic mass is 9.82. The molecule has 2 aliphatic heterocycles. The molecule has 6 heteroatoms. The summed E-state index contributed by atoms with van der Waals surface area (Å²) in [4.78, 5) is 20.8. The number of fused-ring (bicyclic) bond motifs is 3. The number of carbonyl (C=O) groups is 1. The molecule has 6 nitrogen and oxygen atoms in total. The molecule has 3 aliphatic rings. The normalized spacial score (nSPS) is 19.6. The van der Waals surface area contributed by atoms with E-state index in [4.69, 9.17) is 14.8 Å². The zero-order valence-electron chi connectivity index (χ0n) is 18.9. The number of amides is 1. The molecule has 31 heavy (non-hydrogen) atoms. The van der Waals surface area contributed by atoms with Crippen LogP contribution in [0.15, 0.2) is 35.3 Å². The van der Waals surface area contributed by atoms with Crippen molar-refractivity contribution in [1.29, 1.82) is 0 Å². The lowest BCUT2D eigenvalue weighted by Crippen LogP contribution is -2.44. The molecule has 0 N–H and O–H groups in total. The molecule has 5 rings (SSSR count). The number of benzene rings is 1. The van der Waals surface area contributed by atoms with E-state index in [1.807, 2.05) is 22.9 Å². The molecule has 0 radical (unpaired) electrons. The second-order valence-corrected chi connectivity index (χ2v) is 10.1. The smallest absolute Gasteiger partial charge is 0.273 e. The van der Waals surface area contributed by atoms with Crippen LogP contribution in [0.3, 0.4) is 0 Å². The predicted molar refractivity (Wildman–Crippen MR) is 121 cm³/mol. The molecule has 1 spiro atoms. The second-order valence-electron chi connectivity index (χ2n) is 10.1. The molecule has 1 aliphatic carbocycles. The van der Waals surface area contributed by atoms with Gasteiger partial charge in [0.1, 0.15) is 5.69 Å². The largest absolute Gasteiger partial charge is 0.375 e. The van der Waals surface area contributed by atoms with Crippen molar-refractivity contribution in [3.05, 3.63) is 52.8 Å². The lowest BCUT2D eigenvalue weighted by molar-refractivity contribution is 0.0478. The van der Waals surface area contributed by atoms with E-state index in [1.54, 1.807) is 0 Å². The number of aromatic nitrogens is 2. The fourth-order valence-corrected chi connectivity index (χ4v) is 4.99. The van der Waals surface area contributed by atoms with Gasteiger partial charge >= 0.3 is 0 Å². The topological polar surface area (TPSA) is 59.7 Å². The van der Waals surface area contributed by atoms with Crippen LogP contribution >= 0.6 is 0 Å². The van der Waals surface area contributed by atoms with Gasteiger partial charge in [0.25, 0.3) is 5.91 Å². The van der Waals surface area contributed by atoms with Gasteiger partial charge in [0, 0.05) is 37.0 Å². The quantitative estimate of drug-likeness (QED) is 0.690. The summed E-state index contributed by atoms with van der Waals surface area (Å²) < 4.78 is 7.93. The van der Waals surface area contributed by atoms with Crippen molar-refractivity contribution in [2.45, 2.75) is 65.1 Å². The second kappa shape index (κ2) is 7.59. The number of rotatable bonds is 5. The van der Waals surface area contributed by atoms with Gasteiger partial charge in [0.2, 0.25) is 0 Å². The Balaban J connectivity index is 1.40. The maximum Gasteiger partial charge on any atom is 0.273 e. The first-order chi connectivity index (χ1) is 14.9. The molecule has 0 bridgehead atoms. The monoisotopic (exact) mass is 420 g/mol. The zero-order valence-corrected chi connectivity index (χ0v) is 18.9. The van der Waals surface area contributed by atoms with E-state index in [9.17, 15) is 4.79 Å². The molecule has 1 aromatic carbocycles. The average molecular weight is 421 g/mol. The van der Waals surface area contributed by atoms with E-state index in [0.29, 0.717) is 19.8 Å². The third kappa shape index (κ3) is 3.71. The minimum atomic E-state index is -0.118. The van der Waals surface area contributed by atoms with Gasteiger partial charge in [-0.05, 0) is 24.8 Å². The van der Waals surface area contributed by atoms with Crippen LogP contribution in [-0.4, -0.2) is 51.5 Å². The Kier molecular flexibility index (Phi) is 5.00. The minimum absolute atomic E-state index is 0.0194. The number of aliphatic imine (C=N–C) groups is 1. The van der Waals surface area contributed by atoms with Gasteiger partial charge in [-0.2, -0.15) is 5.10 Å². The maximum absolute atomic E-state index is 13.9. The summed E-state index contributed by atoms with van der Waals surface area (Å²) in [7, 11) is 0. The molecule has 3 heterocycles. The first kappa shape index (κ1) is 20.4. The van der Waals surface area contributed by atoms with Crippen LogP contribution in [0.2, 0.25) is 0 Å². The average Bonchev–Trinajstić information content (AvgIpc) is 3.45. The first-order valence-corrected chi connectivity index (χ1v) is 11.5. The van der Waals surface area contributed by atoms with E-state index in [1.165, 1.54) is 0 Å². The molecule has 0 saturated heterocycles. The molecular weight excluding hydrogens is 388 g/mol. The van der Waals surface area contributed by atoms with Crippen LogP contribution in [0.5, 0.6) is 0 Å². The standard InChI is InChI=1S/C25H32N4O2/c1-24(2,3)22-20-19(9-13-26-22)27-29-14-12-25(10-11-25)28(23(30)21(20)29)15-16-31-17-18-7-5-4-6-8-18/h4-8H,9-17H2,1-3H3. The van der Waals surface area contributed by atoms with E-state index in [2.05, 4.69) is 37.8 Å². The van der Waals surface area contributed by atoms with Crippen molar-refractivity contribution < 1.29 is 9.53 Å². The molecule has 0 atom stereocenters. The van der Waals surface area contributed by atoms with Gasteiger partial charge in [-0.1, -0.05) is 51.1 Å². The van der Waals surface area contributed by atoms with Crippen LogP contribution in [0.1, 0.15) is 67.3 Å². The van der Waals surface area contributed by atoms with Crippen molar-refractivity contribution >= 4 is 11.6 Å². The number of hydrogen-bond acceptors (Lipinski definition) is 4. The van der Waals surface area contributed by atoms with Gasteiger partial charge in [-0.3, -0.25) is 14.5 Å². The van der Waals surface area contributed by atoms with Crippen LogP contribution < -0.4 is 0 Å². The Hall–Kier alpha value is -2.47. The van der Waals surface area contributed by atoms with E-state index in [0.717, 1.165) is 67.0 Å². The number of hydrogen-bond donors (Lipinski definition) is 0. The van der Waals surface area contributed by atoms with Crippen molar-refractivity contribution in [2.24, 2.45) is 10.4 Å². The van der Waals surface area contributed by atoms with Crippen molar-refractivity contribution in [3.8, 4) is 0 Å². The Labute approximate surface area is 184 Å². The van der Waals surface area contributed by atoms with Crippen LogP contribution in [0.4, 0.5) is 0 Å². The van der Waals surface area contributed by atoms with Crippen molar-refractivity contribution in [3.63, 3.8) is 0 Å². The Bertz CT molecular complexity index is 1010. The lowest BCUT2D eigenvalue weighted by Gasteiger charge is -2.31. The van der Waals surface area contributed by atoms with Crippen LogP contribution in [0.25, 0.3) is 0 Å². The molecule has 164 valence electrons. The van der Waals surface area contributed by atoms with E-state index in [-0.39, 0.29) is 16.9 Å². The highest BCUT2D eigenvalue weighted by Gasteiger charge is 2.52. The zero-order chi connectivity index (χ0) is 21.6. The highest BCUT2D eigenvalue weighted by molar-refractivity contribution is 6.13. The summed E-state index contributed by atoms with van der Waals surface area (Å²) in [6.45, 7) is 9.80. The molecule has 1 aromatic heterocycles. The Morgan fingerprint density at radius 3 is 2.61 bits per heavy atom. The predicted octanol–water partition coefficient (Wildman–Crippen LogP) is 3.87. The first-order valence-electron chi connectivity index (χ1n) is 11.5. The van der Waals surface area contributed by atoms with Gasteiger partial charge < -0.3 is 9.64 Å². The van der Waals surface area contributed by atoms with Crippen LogP contribution in [-0.2, 0) is 24.3 Å². The highest BCUT2D eigenvalue weighted by atomic mass is 16.5. The van der Waals surface area contributed by atoms with Crippen LogP contribution in [0, 0.1) is 5.41 Å². The summed E-state index contributed by atoms with van der Waals surface area (Å²) >= 11 is 0. The molecule has 2 aromatic rings. The molecule has 0 unspecified atom stereocenters. The number of aryl methyl sites for hydroxylation is 1. The van der Waals surface area contributed by atoms with Crippen molar-refractivity contribution in [1.82, 2.24) is 14.7 Å². The fraction of sp³-hybridized carbons (Fsp3) is 0.560. The van der Waals surface area contributed by atoms with E-state index < -0.39 is 0 Å². The molecule has 1 saturated carbocycles. The molecule has 1 amide bonds. The van der Waals surface area contributed by atoms with Gasteiger partial charge in [0.05, 0.1) is 30.2 Å². The van der Waals surface area contributed by atoms with Crippen molar-refractivity contribution in [2.75, 3.05) is 19.7 Å². The molecule has 1 fully saturated rings. The number of carbonyl (C=O) groups excluding carboxylic acids is 1. The fourth-order valence-electron chi connectivity index (χ4n) is 4.99. The number of ether oxygens (including phenoxy) is 1. The summed E-state index contributed by atoms with van der Waals surface area (Å²) in [5.41, 5.74) is 4.82. The van der Waals surface area contributed by atoms with Gasteiger partial charge in [-0.15, -0.1) is 0 Å². The summed E-state index contributed by atoms with van der Waals surface area (Å²) in [5, 5.41) is 4.89. The Morgan fingerprint density at radius 1 is 1.13 bits per heavy atom. The summed E-state index contributed by atoms with van der Waals surface area (Å²) in [6.07, 6.45) is 3.93. The Morgan fingerprint density at radius 2 is 1.90 bits per heavy atom. The highest BCUT2D eigenvalue weighted by Crippen LogP contribution is 2.47. The maximum atomic E-state index is 13.9. The summed E-state index contributed by atoms with van der Waals surface area (Å²) in [6, 6.07) is 10.2. The third-order valence-electron chi connectivity index (χ3n) is 6.80. The number of nitrogens with zero attached hydrogens (tertiary/aromatic N) is 4. The van der Waals surface area contributed by atoms with Gasteiger partial charge in [0.15, 0.2) is 0 Å². The van der Waals surface area contributed by atoms with Gasteiger partial charge in [-0.25, -0.2) is 0 Å². The summed E-state index contributed by atoms with van der Waals surface area (Å²) in [5.74, 6) is 0.103. The SMILES string of the molecule is CC(C)(C)C1=NCCc2nn3c(c21)C(=O)N(CCOCc1ccccc1)C1(CC3)CC1. The third-order valence-corrected chi connectivity index (χ3v) is 6.80. The van der Waals surface area contributed by atoms with E-state index >= 15 is 0 Å². The molecular formula is C25H32N4O2.